The molecule has 11 heteroatoms. The molecule has 0 aliphatic carbocycles. The first-order valence-electron chi connectivity index (χ1n) is 10.6. The van der Waals surface area contributed by atoms with Gasteiger partial charge in [-0.3, -0.25) is 9.69 Å². The Balaban J connectivity index is -0.000000473. The second-order valence-electron chi connectivity index (χ2n) is 6.65. The molecule has 1 amide bonds. The van der Waals surface area contributed by atoms with Gasteiger partial charge in [0.05, 0.1) is 0 Å². The van der Waals surface area contributed by atoms with E-state index in [0.29, 0.717) is 12.1 Å². The molecule has 0 atom stereocenters. The summed E-state index contributed by atoms with van der Waals surface area (Å²) in [4.78, 5) is 29.2. The normalized spacial score (nSPS) is 9.70. The van der Waals surface area contributed by atoms with Gasteiger partial charge >= 0.3 is 5.69 Å². The maximum Gasteiger partial charge on any atom is 0.349 e. The van der Waals surface area contributed by atoms with Gasteiger partial charge in [0.2, 0.25) is 5.91 Å². The molecule has 0 unspecified atom stereocenters. The summed E-state index contributed by atoms with van der Waals surface area (Å²) in [6.45, 7) is 9.32. The van der Waals surface area contributed by atoms with Crippen LogP contribution in [-0.2, 0) is 44.6 Å². The fourth-order valence-electron chi connectivity index (χ4n) is 2.14. The van der Waals surface area contributed by atoms with Crippen molar-refractivity contribution in [1.29, 1.82) is 0 Å². The van der Waals surface area contributed by atoms with Gasteiger partial charge in [0, 0.05) is 104 Å². The predicted octanol–water partition coefficient (Wildman–Crippen LogP) is 0.281. The van der Waals surface area contributed by atoms with Crippen LogP contribution in [0.4, 0.5) is 5.82 Å². The van der Waals surface area contributed by atoms with Crippen LogP contribution >= 0.6 is 0 Å². The summed E-state index contributed by atoms with van der Waals surface area (Å²) < 4.78 is 1.31. The van der Waals surface area contributed by atoms with Crippen LogP contribution in [0.15, 0.2) is 17.1 Å². The third-order valence-corrected chi connectivity index (χ3v) is 4.14. The minimum absolute atomic E-state index is 0. The number of nitrogens with one attached hydrogen (secondary N) is 3. The zero-order valence-electron chi connectivity index (χ0n) is 20.6. The summed E-state index contributed by atoms with van der Waals surface area (Å²) in [6, 6.07) is 0. The molecule has 0 bridgehead atoms. The van der Waals surface area contributed by atoms with Gasteiger partial charge in [0.1, 0.15) is 5.82 Å². The van der Waals surface area contributed by atoms with E-state index in [9.17, 15) is 9.59 Å². The van der Waals surface area contributed by atoms with Crippen molar-refractivity contribution in [1.82, 2.24) is 30.4 Å². The molecule has 0 aliphatic rings. The van der Waals surface area contributed by atoms with Crippen molar-refractivity contribution in [2.75, 3.05) is 66.2 Å². The Morgan fingerprint density at radius 2 is 1.61 bits per heavy atom. The topological polar surface area (TPSA) is 138 Å². The number of hydrogen-bond acceptors (Lipinski definition) is 8. The molecule has 0 spiro atoms. The van der Waals surface area contributed by atoms with E-state index in [1.807, 2.05) is 14.1 Å². The molecule has 10 nitrogen and oxygen atoms in total. The van der Waals surface area contributed by atoms with Crippen molar-refractivity contribution >= 4 is 17.8 Å². The van der Waals surface area contributed by atoms with Crippen LogP contribution in [0.3, 0.4) is 0 Å². The van der Waals surface area contributed by atoms with Gasteiger partial charge in [-0.05, 0) is 20.2 Å². The van der Waals surface area contributed by atoms with Gasteiger partial charge in [-0.15, -0.1) is 0 Å². The van der Waals surface area contributed by atoms with Crippen molar-refractivity contribution in [2.45, 2.75) is 34.1 Å². The quantitative estimate of drug-likeness (QED) is 0.236. The van der Waals surface area contributed by atoms with E-state index in [-0.39, 0.29) is 51.9 Å². The number of rotatable bonds is 12. The molecule has 1 heterocycles. The third-order valence-electron chi connectivity index (χ3n) is 4.14. The molecular formula is C22H47N7O3Y. The minimum atomic E-state index is -0.428. The van der Waals surface area contributed by atoms with Crippen molar-refractivity contribution in [3.8, 4) is 0 Å². The van der Waals surface area contributed by atoms with E-state index in [4.69, 9.17) is 10.8 Å². The van der Waals surface area contributed by atoms with E-state index in [1.54, 1.807) is 19.3 Å². The molecule has 191 valence electrons. The van der Waals surface area contributed by atoms with Crippen LogP contribution in [0.2, 0.25) is 0 Å². The number of anilines is 1. The second-order valence-corrected chi connectivity index (χ2v) is 6.65. The molecule has 0 saturated carbocycles. The summed E-state index contributed by atoms with van der Waals surface area (Å²) >= 11 is 0. The molecule has 1 aromatic heterocycles. The molecule has 1 rings (SSSR count). The van der Waals surface area contributed by atoms with Crippen molar-refractivity contribution in [3.05, 3.63) is 28.3 Å². The summed E-state index contributed by atoms with van der Waals surface area (Å²) in [5.74, 6) is -0.104. The maximum atomic E-state index is 11.9. The molecule has 33 heavy (non-hydrogen) atoms. The second kappa shape index (κ2) is 27.1. The van der Waals surface area contributed by atoms with Crippen LogP contribution in [-0.4, -0.2) is 85.9 Å². The fraction of sp³-hybridized carbons (Fsp3) is 0.682. The fourth-order valence-corrected chi connectivity index (χ4v) is 2.14. The number of hydrogen-bond donors (Lipinski definition) is 5. The first-order chi connectivity index (χ1) is 14.9. The maximum absolute atomic E-state index is 11.9. The number of nitrogens with zero attached hydrogens (tertiary/aromatic N) is 3. The Hall–Kier alpha value is -1.17. The van der Waals surface area contributed by atoms with E-state index < -0.39 is 5.69 Å². The van der Waals surface area contributed by atoms with Gasteiger partial charge in [-0.1, -0.05) is 34.1 Å². The Labute approximate surface area is 225 Å². The summed E-state index contributed by atoms with van der Waals surface area (Å²) in [5, 5.41) is 16.1. The molecule has 0 aliphatic heterocycles. The van der Waals surface area contributed by atoms with E-state index in [0.717, 1.165) is 39.8 Å². The SMILES string of the molecule is C.CCCC.CNCCN(CCNC)CCNC(=O)/C=C/c1cn(C)c(=O)nc1N.CO.[Y]. The Kier molecular flexibility index (Phi) is 32.1. The van der Waals surface area contributed by atoms with Crippen molar-refractivity contribution < 1.29 is 42.6 Å². The van der Waals surface area contributed by atoms with Crippen LogP contribution < -0.4 is 27.4 Å². The smallest absolute Gasteiger partial charge is 0.349 e. The van der Waals surface area contributed by atoms with Gasteiger partial charge in [-0.2, -0.15) is 4.98 Å². The zero-order valence-corrected chi connectivity index (χ0v) is 23.5. The molecule has 1 radical (unpaired) electrons. The molecule has 6 N–H and O–H groups in total. The average Bonchev–Trinajstić information content (AvgIpc) is 2.78. The number of likely N-dealkylation sites (N-methyl/N-ethyl adjacent to an activating group) is 2. The summed E-state index contributed by atoms with van der Waals surface area (Å²) in [5.41, 5.74) is 5.78. The first-order valence-corrected chi connectivity index (χ1v) is 10.6. The standard InChI is InChI=1S/C16H29N7O2.C4H10.CH4O.CH4.Y/c1-18-6-9-23(10-7-19-2)11-8-20-14(24)5-4-13-12-22(3)16(25)21-15(13)17;1-3-4-2;1-2;;/h4-5,12,18-19H,6-11H2,1-3H3,(H,20,24)(H2,17,21,25);3-4H2,1-2H3;2H,1H3;1H4;/b5-4+;;;;. The van der Waals surface area contributed by atoms with Crippen LogP contribution in [0.5, 0.6) is 0 Å². The third kappa shape index (κ3) is 21.1. The first kappa shape index (κ1) is 39.1. The minimum Gasteiger partial charge on any atom is -0.400 e. The number of aliphatic hydroxyl groups excluding tert-OH is 1. The van der Waals surface area contributed by atoms with Gasteiger partial charge in [-0.25, -0.2) is 4.79 Å². The van der Waals surface area contributed by atoms with Crippen molar-refractivity contribution in [3.63, 3.8) is 0 Å². The van der Waals surface area contributed by atoms with Gasteiger partial charge in [0.15, 0.2) is 0 Å². The monoisotopic (exact) mass is 546 g/mol. The number of nitrogens with two attached hydrogens (primary N) is 1. The number of aliphatic hydroxyl groups is 1. The zero-order chi connectivity index (χ0) is 24.1. The number of nitrogen functional groups attached to an aromatic ring is 1. The molecule has 1 aromatic rings. The number of aromatic nitrogens is 2. The van der Waals surface area contributed by atoms with Gasteiger partial charge < -0.3 is 31.4 Å². The molecule has 0 saturated heterocycles. The van der Waals surface area contributed by atoms with E-state index in [2.05, 4.69) is 39.7 Å². The average molecular weight is 547 g/mol. The van der Waals surface area contributed by atoms with Gasteiger partial charge in [0.25, 0.3) is 0 Å². The Bertz CT molecular complexity index is 660. The van der Waals surface area contributed by atoms with Crippen molar-refractivity contribution in [2.24, 2.45) is 7.05 Å². The Morgan fingerprint density at radius 1 is 1.12 bits per heavy atom. The van der Waals surface area contributed by atoms with E-state index in [1.165, 1.54) is 23.5 Å². The summed E-state index contributed by atoms with van der Waals surface area (Å²) in [6.07, 6.45) is 7.13. The van der Waals surface area contributed by atoms with E-state index >= 15 is 0 Å². The van der Waals surface area contributed by atoms with Crippen LogP contribution in [0, 0.1) is 0 Å². The van der Waals surface area contributed by atoms with Crippen LogP contribution in [0.25, 0.3) is 6.08 Å². The number of carbonyl (C=O) groups is 1. The Morgan fingerprint density at radius 3 is 2.06 bits per heavy atom. The number of aryl methyl sites for hydroxylation is 1. The summed E-state index contributed by atoms with van der Waals surface area (Å²) in [7, 11) is 6.42. The van der Waals surface area contributed by atoms with Crippen LogP contribution in [0.1, 0.15) is 39.7 Å². The number of amides is 1. The molecule has 0 aromatic carbocycles. The predicted molar refractivity (Wildman–Crippen MR) is 136 cm³/mol. The molecule has 0 fully saturated rings. The molecular weight excluding hydrogens is 499 g/mol. The largest absolute Gasteiger partial charge is 0.400 e. The number of unbranched alkanes of at least 4 members (excludes halogenated alkanes) is 1. The number of carbonyl (C=O) groups excluding carboxylic acids is 1.